The van der Waals surface area contributed by atoms with E-state index in [1.807, 2.05) is 38.1 Å². The van der Waals surface area contributed by atoms with Gasteiger partial charge in [0.2, 0.25) is 5.91 Å². The van der Waals surface area contributed by atoms with Crippen LogP contribution in [0, 0.1) is 5.92 Å². The van der Waals surface area contributed by atoms with Gasteiger partial charge in [0.1, 0.15) is 5.82 Å². The number of carbonyl (C=O) groups excluding carboxylic acids is 1. The van der Waals surface area contributed by atoms with Gasteiger partial charge in [0.05, 0.1) is 0 Å². The minimum Gasteiger partial charge on any atom is -0.365 e. The monoisotopic (exact) mass is 304 g/mol. The van der Waals surface area contributed by atoms with E-state index >= 15 is 0 Å². The van der Waals surface area contributed by atoms with Gasteiger partial charge in [-0.05, 0) is 29.8 Å². The zero-order valence-corrected chi connectivity index (χ0v) is 12.7. The molecule has 0 aliphatic heterocycles. The van der Waals surface area contributed by atoms with Crippen LogP contribution in [0.3, 0.4) is 0 Å². The molecular weight excluding hydrogens is 288 g/mol. The second kappa shape index (κ2) is 7.04. The fourth-order valence-electron chi connectivity index (χ4n) is 1.56. The normalized spacial score (nSPS) is 10.5. The highest BCUT2D eigenvalue weighted by Crippen LogP contribution is 2.12. The predicted molar refractivity (Wildman–Crippen MR) is 84.3 cm³/mol. The average Bonchev–Trinajstić information content (AvgIpc) is 2.48. The molecule has 0 atom stereocenters. The fourth-order valence-corrected chi connectivity index (χ4v) is 1.68. The summed E-state index contributed by atoms with van der Waals surface area (Å²) in [5.74, 6) is 0.930. The van der Waals surface area contributed by atoms with Crippen LogP contribution in [0.4, 0.5) is 11.6 Å². The van der Waals surface area contributed by atoms with Gasteiger partial charge in [0.25, 0.3) is 0 Å². The Balaban J connectivity index is 1.90. The molecule has 110 valence electrons. The number of halogens is 1. The molecule has 1 heterocycles. The van der Waals surface area contributed by atoms with Gasteiger partial charge in [-0.25, -0.2) is 0 Å². The van der Waals surface area contributed by atoms with Crippen molar-refractivity contribution in [1.82, 2.24) is 10.2 Å². The maximum absolute atomic E-state index is 11.5. The van der Waals surface area contributed by atoms with Crippen LogP contribution < -0.4 is 10.6 Å². The summed E-state index contributed by atoms with van der Waals surface area (Å²) in [5.41, 5.74) is 1.10. The molecule has 2 N–H and O–H groups in total. The Kier molecular flexibility index (Phi) is 5.11. The predicted octanol–water partition coefficient (Wildman–Crippen LogP) is 3.34. The first-order valence-corrected chi connectivity index (χ1v) is 7.05. The zero-order valence-electron chi connectivity index (χ0n) is 11.9. The molecule has 0 saturated heterocycles. The zero-order chi connectivity index (χ0) is 15.2. The molecule has 2 rings (SSSR count). The van der Waals surface area contributed by atoms with Gasteiger partial charge in [-0.15, -0.1) is 10.2 Å². The second-order valence-corrected chi connectivity index (χ2v) is 5.36. The van der Waals surface area contributed by atoms with Gasteiger partial charge >= 0.3 is 0 Å². The summed E-state index contributed by atoms with van der Waals surface area (Å²) in [6.07, 6.45) is 0. The van der Waals surface area contributed by atoms with Crippen LogP contribution in [-0.2, 0) is 11.3 Å². The maximum atomic E-state index is 11.5. The highest BCUT2D eigenvalue weighted by atomic mass is 35.5. The van der Waals surface area contributed by atoms with Gasteiger partial charge in [-0.3, -0.25) is 4.79 Å². The Morgan fingerprint density at radius 1 is 1.10 bits per heavy atom. The number of benzene rings is 1. The van der Waals surface area contributed by atoms with Crippen molar-refractivity contribution < 1.29 is 4.79 Å². The van der Waals surface area contributed by atoms with E-state index in [2.05, 4.69) is 20.8 Å². The van der Waals surface area contributed by atoms with Gasteiger partial charge in [-0.1, -0.05) is 37.6 Å². The third-order valence-corrected chi connectivity index (χ3v) is 3.08. The first kappa shape index (κ1) is 15.3. The standard InChI is InChI=1S/C15H17ClN4O/c1-10(2)15(21)18-14-8-7-13(19-20-14)17-9-11-3-5-12(16)6-4-11/h3-8,10H,9H2,1-2H3,(H,17,19)(H,18,20,21). The Bertz CT molecular complexity index is 596. The van der Waals surface area contributed by atoms with E-state index in [0.29, 0.717) is 23.2 Å². The van der Waals surface area contributed by atoms with Crippen LogP contribution in [-0.4, -0.2) is 16.1 Å². The molecule has 1 aromatic carbocycles. The van der Waals surface area contributed by atoms with E-state index in [-0.39, 0.29) is 11.8 Å². The smallest absolute Gasteiger partial charge is 0.228 e. The number of hydrogen-bond donors (Lipinski definition) is 2. The van der Waals surface area contributed by atoms with Gasteiger partial charge in [0.15, 0.2) is 5.82 Å². The maximum Gasteiger partial charge on any atom is 0.228 e. The summed E-state index contributed by atoms with van der Waals surface area (Å²) in [6, 6.07) is 11.1. The first-order valence-electron chi connectivity index (χ1n) is 6.67. The Morgan fingerprint density at radius 2 is 1.71 bits per heavy atom. The first-order chi connectivity index (χ1) is 10.0. The molecular formula is C15H17ClN4O. The van der Waals surface area contributed by atoms with Gasteiger partial charge in [-0.2, -0.15) is 0 Å². The third-order valence-electron chi connectivity index (χ3n) is 2.83. The molecule has 0 saturated carbocycles. The van der Waals surface area contributed by atoms with E-state index in [0.717, 1.165) is 5.56 Å². The molecule has 0 spiro atoms. The lowest BCUT2D eigenvalue weighted by molar-refractivity contribution is -0.118. The van der Waals surface area contributed by atoms with E-state index in [9.17, 15) is 4.79 Å². The van der Waals surface area contributed by atoms with Gasteiger partial charge < -0.3 is 10.6 Å². The lowest BCUT2D eigenvalue weighted by Crippen LogP contribution is -2.18. The van der Waals surface area contributed by atoms with E-state index in [1.54, 1.807) is 12.1 Å². The topological polar surface area (TPSA) is 66.9 Å². The molecule has 5 nitrogen and oxygen atoms in total. The number of hydrogen-bond acceptors (Lipinski definition) is 4. The van der Waals surface area contributed by atoms with Crippen molar-refractivity contribution in [3.8, 4) is 0 Å². The highest BCUT2D eigenvalue weighted by Gasteiger charge is 2.08. The summed E-state index contributed by atoms with van der Waals surface area (Å²) in [5, 5.41) is 14.5. The largest absolute Gasteiger partial charge is 0.365 e. The van der Waals surface area contributed by atoms with Crippen molar-refractivity contribution in [2.24, 2.45) is 5.92 Å². The van der Waals surface area contributed by atoms with Gasteiger partial charge in [0, 0.05) is 17.5 Å². The van der Waals surface area contributed by atoms with Crippen molar-refractivity contribution in [2.45, 2.75) is 20.4 Å². The Hall–Kier alpha value is -2.14. The van der Waals surface area contributed by atoms with Crippen LogP contribution in [0.15, 0.2) is 36.4 Å². The number of rotatable bonds is 5. The van der Waals surface area contributed by atoms with Crippen LogP contribution >= 0.6 is 11.6 Å². The molecule has 0 fully saturated rings. The SMILES string of the molecule is CC(C)C(=O)Nc1ccc(NCc2ccc(Cl)cc2)nn1. The number of nitrogens with zero attached hydrogens (tertiary/aromatic N) is 2. The van der Waals surface area contributed by atoms with Crippen LogP contribution in [0.2, 0.25) is 5.02 Å². The molecule has 0 bridgehead atoms. The summed E-state index contributed by atoms with van der Waals surface area (Å²) >= 11 is 5.83. The third kappa shape index (κ3) is 4.72. The van der Waals surface area contributed by atoms with Crippen molar-refractivity contribution in [1.29, 1.82) is 0 Å². The summed E-state index contributed by atoms with van der Waals surface area (Å²) in [7, 11) is 0. The number of nitrogens with one attached hydrogen (secondary N) is 2. The van der Waals surface area contributed by atoms with Crippen LogP contribution in [0.5, 0.6) is 0 Å². The fraction of sp³-hybridized carbons (Fsp3) is 0.267. The van der Waals surface area contributed by atoms with Crippen molar-refractivity contribution >= 4 is 29.1 Å². The van der Waals surface area contributed by atoms with E-state index in [1.165, 1.54) is 0 Å². The van der Waals surface area contributed by atoms with Crippen LogP contribution in [0.1, 0.15) is 19.4 Å². The van der Waals surface area contributed by atoms with E-state index < -0.39 is 0 Å². The second-order valence-electron chi connectivity index (χ2n) is 4.93. The number of anilines is 2. The summed E-state index contributed by atoms with van der Waals surface area (Å²) in [4.78, 5) is 11.5. The molecule has 6 heteroatoms. The molecule has 2 aromatic rings. The number of carbonyl (C=O) groups is 1. The number of aromatic nitrogens is 2. The molecule has 0 radical (unpaired) electrons. The van der Waals surface area contributed by atoms with Crippen molar-refractivity contribution in [3.63, 3.8) is 0 Å². The lowest BCUT2D eigenvalue weighted by atomic mass is 10.2. The molecule has 1 amide bonds. The molecule has 0 aliphatic rings. The molecule has 1 aromatic heterocycles. The van der Waals surface area contributed by atoms with E-state index in [4.69, 9.17) is 11.6 Å². The number of amides is 1. The Labute approximate surface area is 128 Å². The summed E-state index contributed by atoms with van der Waals surface area (Å²) in [6.45, 7) is 4.28. The highest BCUT2D eigenvalue weighted by molar-refractivity contribution is 6.30. The molecule has 0 aliphatic carbocycles. The van der Waals surface area contributed by atoms with Crippen LogP contribution in [0.25, 0.3) is 0 Å². The molecule has 21 heavy (non-hydrogen) atoms. The quantitative estimate of drug-likeness (QED) is 0.889. The Morgan fingerprint density at radius 3 is 2.29 bits per heavy atom. The average molecular weight is 305 g/mol. The van der Waals surface area contributed by atoms with Crippen molar-refractivity contribution in [3.05, 3.63) is 47.0 Å². The minimum atomic E-state index is -0.0884. The minimum absolute atomic E-state index is 0.0776. The van der Waals surface area contributed by atoms with Crippen molar-refractivity contribution in [2.75, 3.05) is 10.6 Å². The lowest BCUT2D eigenvalue weighted by Gasteiger charge is -2.08. The summed E-state index contributed by atoms with van der Waals surface area (Å²) < 4.78 is 0. The molecule has 0 unspecified atom stereocenters.